The minimum atomic E-state index is 0.826. The van der Waals surface area contributed by atoms with E-state index in [-0.39, 0.29) is 0 Å². The highest BCUT2D eigenvalue weighted by molar-refractivity contribution is 4.95. The molecule has 2 saturated heterocycles. The highest BCUT2D eigenvalue weighted by atomic mass is 15.2. The molecular weight excluding hydrogens is 124 g/mol. The molecule has 0 saturated carbocycles. The van der Waals surface area contributed by atoms with Crippen LogP contribution in [0.3, 0.4) is 0 Å². The van der Waals surface area contributed by atoms with Crippen LogP contribution in [0.1, 0.15) is 19.3 Å². The summed E-state index contributed by atoms with van der Waals surface area (Å²) in [5.74, 6) is 0. The summed E-state index contributed by atoms with van der Waals surface area (Å²) in [7, 11) is 2.25. The van der Waals surface area contributed by atoms with Gasteiger partial charge in [-0.2, -0.15) is 0 Å². The van der Waals surface area contributed by atoms with Crippen molar-refractivity contribution in [2.24, 2.45) is 0 Å². The van der Waals surface area contributed by atoms with Crippen LogP contribution in [0.15, 0.2) is 0 Å². The lowest BCUT2D eigenvalue weighted by molar-refractivity contribution is 0.136. The second-order valence-electron chi connectivity index (χ2n) is 3.56. The molecule has 0 aromatic carbocycles. The van der Waals surface area contributed by atoms with E-state index >= 15 is 0 Å². The van der Waals surface area contributed by atoms with E-state index in [0.717, 1.165) is 12.1 Å². The highest BCUT2D eigenvalue weighted by Gasteiger charge is 2.33. The Kier molecular flexibility index (Phi) is 1.66. The zero-order valence-corrected chi connectivity index (χ0v) is 6.64. The molecule has 58 valence electrons. The molecule has 1 N–H and O–H groups in total. The predicted molar refractivity (Wildman–Crippen MR) is 42.1 cm³/mol. The predicted octanol–water partition coefficient (Wildman–Crippen LogP) is 0.442. The Bertz CT molecular complexity index is 116. The van der Waals surface area contributed by atoms with Gasteiger partial charge in [-0.3, -0.25) is 0 Å². The molecule has 2 heterocycles. The summed E-state index contributed by atoms with van der Waals surface area (Å²) >= 11 is 0. The van der Waals surface area contributed by atoms with Gasteiger partial charge in [-0.15, -0.1) is 0 Å². The quantitative estimate of drug-likeness (QED) is 0.525. The van der Waals surface area contributed by atoms with E-state index < -0.39 is 0 Å². The minimum Gasteiger partial charge on any atom is -0.311 e. The van der Waals surface area contributed by atoms with Crippen LogP contribution in [-0.2, 0) is 0 Å². The van der Waals surface area contributed by atoms with E-state index in [0.29, 0.717) is 0 Å². The van der Waals surface area contributed by atoms with Gasteiger partial charge in [0.2, 0.25) is 0 Å². The summed E-state index contributed by atoms with van der Waals surface area (Å²) in [6.45, 7) is 2.53. The second kappa shape index (κ2) is 2.51. The van der Waals surface area contributed by atoms with E-state index in [1.807, 2.05) is 0 Å². The van der Waals surface area contributed by atoms with Crippen LogP contribution in [0, 0.1) is 0 Å². The molecular formula is C8H16N2. The third kappa shape index (κ3) is 0.956. The fraction of sp³-hybridized carbons (Fsp3) is 1.00. The van der Waals surface area contributed by atoms with Crippen LogP contribution in [0.25, 0.3) is 0 Å². The van der Waals surface area contributed by atoms with Crippen molar-refractivity contribution in [1.82, 2.24) is 10.2 Å². The van der Waals surface area contributed by atoms with Crippen LogP contribution < -0.4 is 5.32 Å². The van der Waals surface area contributed by atoms with Gasteiger partial charge >= 0.3 is 0 Å². The second-order valence-corrected chi connectivity index (χ2v) is 3.56. The number of likely N-dealkylation sites (N-methyl/N-ethyl adjacent to an activating group) is 1. The average molecular weight is 140 g/mol. The van der Waals surface area contributed by atoms with Crippen molar-refractivity contribution in [2.45, 2.75) is 31.3 Å². The zero-order chi connectivity index (χ0) is 6.97. The Balaban J connectivity index is 1.98. The molecule has 0 radical (unpaired) electrons. The van der Waals surface area contributed by atoms with E-state index in [1.54, 1.807) is 0 Å². The van der Waals surface area contributed by atoms with Crippen molar-refractivity contribution >= 4 is 0 Å². The topological polar surface area (TPSA) is 15.3 Å². The summed E-state index contributed by atoms with van der Waals surface area (Å²) in [6.07, 6.45) is 4.21. The minimum absolute atomic E-state index is 0.826. The fourth-order valence-corrected chi connectivity index (χ4v) is 2.04. The molecule has 2 fully saturated rings. The number of fused-ring (bicyclic) bond motifs is 1. The first kappa shape index (κ1) is 6.62. The van der Waals surface area contributed by atoms with Gasteiger partial charge < -0.3 is 10.2 Å². The van der Waals surface area contributed by atoms with Gasteiger partial charge in [0.25, 0.3) is 0 Å². The standard InChI is InChI=1S/C8H16N2/c1-10-5-3-2-4-7-8(10)6-9-7/h7-9H,2-6H2,1H3. The van der Waals surface area contributed by atoms with E-state index in [4.69, 9.17) is 0 Å². The Morgan fingerprint density at radius 2 is 2.30 bits per heavy atom. The highest BCUT2D eigenvalue weighted by Crippen LogP contribution is 2.20. The zero-order valence-electron chi connectivity index (χ0n) is 6.64. The van der Waals surface area contributed by atoms with Gasteiger partial charge in [-0.1, -0.05) is 6.42 Å². The maximum atomic E-state index is 3.48. The lowest BCUT2D eigenvalue weighted by Gasteiger charge is -2.42. The Morgan fingerprint density at radius 1 is 1.40 bits per heavy atom. The molecule has 0 aromatic rings. The van der Waals surface area contributed by atoms with Crippen LogP contribution in [0.4, 0.5) is 0 Å². The molecule has 2 unspecified atom stereocenters. The number of hydrogen-bond donors (Lipinski definition) is 1. The molecule has 2 nitrogen and oxygen atoms in total. The molecule has 0 amide bonds. The largest absolute Gasteiger partial charge is 0.311 e. The van der Waals surface area contributed by atoms with Gasteiger partial charge in [0, 0.05) is 18.6 Å². The van der Waals surface area contributed by atoms with Gasteiger partial charge in [-0.25, -0.2) is 0 Å². The number of nitrogens with zero attached hydrogens (tertiary/aromatic N) is 1. The maximum absolute atomic E-state index is 3.48. The fourth-order valence-electron chi connectivity index (χ4n) is 2.04. The smallest absolute Gasteiger partial charge is 0.0371 e. The summed E-state index contributed by atoms with van der Waals surface area (Å²) < 4.78 is 0. The normalized spacial score (nSPS) is 41.7. The molecule has 10 heavy (non-hydrogen) atoms. The first-order chi connectivity index (χ1) is 4.88. The first-order valence-corrected chi connectivity index (χ1v) is 4.31. The van der Waals surface area contributed by atoms with E-state index in [9.17, 15) is 0 Å². The molecule has 2 aliphatic heterocycles. The van der Waals surface area contributed by atoms with Crippen molar-refractivity contribution in [3.8, 4) is 0 Å². The molecule has 0 spiro atoms. The summed E-state index contributed by atoms with van der Waals surface area (Å²) in [4.78, 5) is 2.51. The van der Waals surface area contributed by atoms with Gasteiger partial charge in [0.15, 0.2) is 0 Å². The molecule has 2 aliphatic rings. The lowest BCUT2D eigenvalue weighted by atomic mass is 9.96. The monoisotopic (exact) mass is 140 g/mol. The van der Waals surface area contributed by atoms with Crippen LogP contribution in [0.2, 0.25) is 0 Å². The van der Waals surface area contributed by atoms with Gasteiger partial charge in [-0.05, 0) is 26.4 Å². The van der Waals surface area contributed by atoms with E-state index in [1.165, 1.54) is 32.4 Å². The molecule has 2 rings (SSSR count). The third-order valence-corrected chi connectivity index (χ3v) is 2.90. The summed E-state index contributed by atoms with van der Waals surface area (Å²) in [5, 5.41) is 3.48. The number of likely N-dealkylation sites (tertiary alicyclic amines) is 1. The van der Waals surface area contributed by atoms with Crippen molar-refractivity contribution < 1.29 is 0 Å². The molecule has 0 aliphatic carbocycles. The van der Waals surface area contributed by atoms with Crippen molar-refractivity contribution in [3.05, 3.63) is 0 Å². The molecule has 2 heteroatoms. The number of hydrogen-bond acceptors (Lipinski definition) is 2. The summed E-state index contributed by atoms with van der Waals surface area (Å²) in [5.41, 5.74) is 0. The van der Waals surface area contributed by atoms with Crippen molar-refractivity contribution in [2.75, 3.05) is 20.1 Å². The maximum Gasteiger partial charge on any atom is 0.0371 e. The summed E-state index contributed by atoms with van der Waals surface area (Å²) in [6, 6.07) is 1.69. The molecule has 2 atom stereocenters. The number of nitrogens with one attached hydrogen (secondary N) is 1. The molecule has 0 bridgehead atoms. The first-order valence-electron chi connectivity index (χ1n) is 4.31. The van der Waals surface area contributed by atoms with Gasteiger partial charge in [0.05, 0.1) is 0 Å². The Morgan fingerprint density at radius 3 is 3.00 bits per heavy atom. The van der Waals surface area contributed by atoms with Crippen molar-refractivity contribution in [3.63, 3.8) is 0 Å². The number of rotatable bonds is 0. The van der Waals surface area contributed by atoms with Gasteiger partial charge in [0.1, 0.15) is 0 Å². The Labute approximate surface area is 62.6 Å². The van der Waals surface area contributed by atoms with Crippen LogP contribution in [-0.4, -0.2) is 37.1 Å². The molecule has 0 aromatic heterocycles. The van der Waals surface area contributed by atoms with E-state index in [2.05, 4.69) is 17.3 Å². The SMILES string of the molecule is CN1CCCCC2NCC21. The van der Waals surface area contributed by atoms with Crippen LogP contribution >= 0.6 is 0 Å². The average Bonchev–Trinajstić information content (AvgIpc) is 1.92. The third-order valence-electron chi connectivity index (χ3n) is 2.90. The Hall–Kier alpha value is -0.0800. The van der Waals surface area contributed by atoms with Crippen molar-refractivity contribution in [1.29, 1.82) is 0 Å². The lowest BCUT2D eigenvalue weighted by Crippen LogP contribution is -2.63. The van der Waals surface area contributed by atoms with Crippen LogP contribution in [0.5, 0.6) is 0 Å².